The number of carbonyl (C=O) groups is 1. The number of nitrogen functional groups attached to an aromatic ring is 1. The van der Waals surface area contributed by atoms with Crippen molar-refractivity contribution in [2.45, 2.75) is 51.8 Å². The third-order valence-electron chi connectivity index (χ3n) is 6.99. The number of aliphatic hydroxyl groups excluding tert-OH is 1. The molecule has 7 nitrogen and oxygen atoms in total. The van der Waals surface area contributed by atoms with E-state index in [1.54, 1.807) is 30.5 Å². The SMILES string of the molecule is Cc1cc(-c2ccc(O)cc2)ccc1CNC(=O)Cc1cccc(CC(C)(C)NC[C@H](O)c2ccc(N)nc2)c1. The van der Waals surface area contributed by atoms with Crippen molar-refractivity contribution in [1.82, 2.24) is 15.6 Å². The van der Waals surface area contributed by atoms with Gasteiger partial charge in [0.1, 0.15) is 11.6 Å². The van der Waals surface area contributed by atoms with E-state index in [-0.39, 0.29) is 17.2 Å². The minimum absolute atomic E-state index is 0.0308. The first-order valence-corrected chi connectivity index (χ1v) is 13.5. The summed E-state index contributed by atoms with van der Waals surface area (Å²) in [6, 6.07) is 24.8. The molecule has 0 aliphatic carbocycles. The van der Waals surface area contributed by atoms with Crippen LogP contribution in [0.4, 0.5) is 5.82 Å². The zero-order valence-electron chi connectivity index (χ0n) is 23.3. The fourth-order valence-corrected chi connectivity index (χ4v) is 4.70. The van der Waals surface area contributed by atoms with Gasteiger partial charge >= 0.3 is 0 Å². The molecular weight excluding hydrogens is 500 g/mol. The number of aromatic hydroxyl groups is 1. The van der Waals surface area contributed by atoms with Crippen molar-refractivity contribution in [3.8, 4) is 16.9 Å². The average Bonchev–Trinajstić information content (AvgIpc) is 2.92. The van der Waals surface area contributed by atoms with Crippen molar-refractivity contribution in [2.24, 2.45) is 0 Å². The van der Waals surface area contributed by atoms with Gasteiger partial charge in [0.25, 0.3) is 0 Å². The molecule has 40 heavy (non-hydrogen) atoms. The maximum atomic E-state index is 12.8. The van der Waals surface area contributed by atoms with Gasteiger partial charge in [-0.3, -0.25) is 4.79 Å². The summed E-state index contributed by atoms with van der Waals surface area (Å²) in [4.78, 5) is 16.8. The van der Waals surface area contributed by atoms with Crippen molar-refractivity contribution >= 4 is 11.7 Å². The highest BCUT2D eigenvalue weighted by Crippen LogP contribution is 2.24. The average molecular weight is 539 g/mol. The minimum atomic E-state index is -0.685. The second kappa shape index (κ2) is 12.8. The Hall–Kier alpha value is -4.20. The molecule has 0 radical (unpaired) electrons. The molecule has 0 bridgehead atoms. The van der Waals surface area contributed by atoms with E-state index < -0.39 is 6.10 Å². The molecule has 3 aromatic carbocycles. The summed E-state index contributed by atoms with van der Waals surface area (Å²) in [5.74, 6) is 0.638. The molecule has 0 unspecified atom stereocenters. The van der Waals surface area contributed by atoms with E-state index in [1.807, 2.05) is 43.3 Å². The van der Waals surface area contributed by atoms with Crippen LogP contribution in [0.25, 0.3) is 11.1 Å². The number of β-amino-alcohol motifs (C(OH)–C–C–N with tert-alkyl or cyclic N) is 1. The molecular formula is C33H38N4O3. The summed E-state index contributed by atoms with van der Waals surface area (Å²) in [5, 5.41) is 26.5. The number of phenolic OH excluding ortho intramolecular Hbond substituents is 1. The molecule has 0 fully saturated rings. The molecule has 4 aromatic rings. The number of nitrogens with one attached hydrogen (secondary N) is 2. The fourth-order valence-electron chi connectivity index (χ4n) is 4.70. The molecule has 1 amide bonds. The highest BCUT2D eigenvalue weighted by atomic mass is 16.3. The highest BCUT2D eigenvalue weighted by molar-refractivity contribution is 5.78. The van der Waals surface area contributed by atoms with Gasteiger partial charge in [-0.2, -0.15) is 0 Å². The number of hydrogen-bond donors (Lipinski definition) is 5. The monoisotopic (exact) mass is 538 g/mol. The van der Waals surface area contributed by atoms with Gasteiger partial charge < -0.3 is 26.6 Å². The first-order valence-electron chi connectivity index (χ1n) is 13.5. The van der Waals surface area contributed by atoms with Crippen molar-refractivity contribution in [1.29, 1.82) is 0 Å². The molecule has 0 saturated carbocycles. The molecule has 1 aromatic heterocycles. The Labute approximate surface area is 236 Å². The summed E-state index contributed by atoms with van der Waals surface area (Å²) in [7, 11) is 0. The third kappa shape index (κ3) is 8.15. The maximum Gasteiger partial charge on any atom is 0.224 e. The largest absolute Gasteiger partial charge is 0.508 e. The second-order valence-electron chi connectivity index (χ2n) is 10.9. The smallest absolute Gasteiger partial charge is 0.224 e. The number of nitrogens with zero attached hydrogens (tertiary/aromatic N) is 1. The zero-order chi connectivity index (χ0) is 28.7. The Morgan fingerprint density at radius 3 is 2.40 bits per heavy atom. The summed E-state index contributed by atoms with van der Waals surface area (Å²) in [6.07, 6.45) is 1.95. The number of aliphatic hydroxyl groups is 1. The topological polar surface area (TPSA) is 120 Å². The van der Waals surface area contributed by atoms with Crippen molar-refractivity contribution in [3.05, 3.63) is 113 Å². The van der Waals surface area contributed by atoms with Gasteiger partial charge in [0, 0.05) is 30.4 Å². The van der Waals surface area contributed by atoms with Crippen LogP contribution in [0.5, 0.6) is 5.75 Å². The van der Waals surface area contributed by atoms with Gasteiger partial charge in [-0.15, -0.1) is 0 Å². The highest BCUT2D eigenvalue weighted by Gasteiger charge is 2.20. The number of carbonyl (C=O) groups excluding carboxylic acids is 1. The molecule has 1 heterocycles. The quantitative estimate of drug-likeness (QED) is 0.186. The molecule has 1 atom stereocenters. The number of pyridine rings is 1. The molecule has 0 spiro atoms. The van der Waals surface area contributed by atoms with Gasteiger partial charge in [-0.25, -0.2) is 4.98 Å². The van der Waals surface area contributed by atoms with Crippen molar-refractivity contribution in [2.75, 3.05) is 12.3 Å². The Bertz CT molecular complexity index is 1430. The predicted molar refractivity (Wildman–Crippen MR) is 160 cm³/mol. The van der Waals surface area contributed by atoms with Gasteiger partial charge in [0.05, 0.1) is 12.5 Å². The number of amides is 1. The lowest BCUT2D eigenvalue weighted by molar-refractivity contribution is -0.120. The molecule has 4 rings (SSSR count). The van der Waals surface area contributed by atoms with E-state index in [0.29, 0.717) is 30.9 Å². The summed E-state index contributed by atoms with van der Waals surface area (Å²) in [6.45, 7) is 7.07. The molecule has 7 heteroatoms. The van der Waals surface area contributed by atoms with E-state index in [4.69, 9.17) is 5.73 Å². The van der Waals surface area contributed by atoms with E-state index in [9.17, 15) is 15.0 Å². The van der Waals surface area contributed by atoms with Crippen molar-refractivity contribution < 1.29 is 15.0 Å². The van der Waals surface area contributed by atoms with Crippen LogP contribution in [0.15, 0.2) is 85.1 Å². The number of hydrogen-bond acceptors (Lipinski definition) is 6. The first-order chi connectivity index (χ1) is 19.1. The maximum absolute atomic E-state index is 12.8. The van der Waals surface area contributed by atoms with Crippen molar-refractivity contribution in [3.63, 3.8) is 0 Å². The molecule has 6 N–H and O–H groups in total. The molecule has 0 aliphatic heterocycles. The normalized spacial score (nSPS) is 12.2. The number of anilines is 1. The van der Waals surface area contributed by atoms with E-state index in [2.05, 4.69) is 47.7 Å². The number of nitrogens with two attached hydrogens (primary N) is 1. The van der Waals surface area contributed by atoms with Crippen LogP contribution in [0.3, 0.4) is 0 Å². The van der Waals surface area contributed by atoms with E-state index in [1.165, 1.54) is 0 Å². The van der Waals surface area contributed by atoms with E-state index in [0.717, 1.165) is 39.8 Å². The Kier molecular flexibility index (Phi) is 9.19. The Balaban J connectivity index is 1.28. The summed E-state index contributed by atoms with van der Waals surface area (Å²) >= 11 is 0. The Morgan fingerprint density at radius 2 is 1.70 bits per heavy atom. The number of rotatable bonds is 11. The zero-order valence-corrected chi connectivity index (χ0v) is 23.3. The minimum Gasteiger partial charge on any atom is -0.508 e. The molecule has 0 aliphatic rings. The standard InChI is InChI=1S/C33H38N4O3/c1-22-15-26(25-9-12-29(38)13-10-25)7-8-27(22)19-36-32(40)17-23-5-4-6-24(16-23)18-33(2,3)37-21-30(39)28-11-14-31(34)35-20-28/h4-16,20,30,37-39H,17-19,21H2,1-3H3,(H2,34,35)(H,36,40)/t30-/m0/s1. The Morgan fingerprint density at radius 1 is 0.975 bits per heavy atom. The van der Waals surface area contributed by atoms with Crippen LogP contribution in [0.2, 0.25) is 0 Å². The lowest BCUT2D eigenvalue weighted by Gasteiger charge is -2.28. The number of phenols is 1. The van der Waals surface area contributed by atoms with Crippen LogP contribution in [0.1, 0.15) is 47.8 Å². The second-order valence-corrected chi connectivity index (χ2v) is 10.9. The van der Waals surface area contributed by atoms with Gasteiger partial charge in [0.2, 0.25) is 5.91 Å². The third-order valence-corrected chi connectivity index (χ3v) is 6.99. The first kappa shape index (κ1) is 28.8. The van der Waals surface area contributed by atoms with E-state index >= 15 is 0 Å². The number of aromatic nitrogens is 1. The van der Waals surface area contributed by atoms with Crippen LogP contribution < -0.4 is 16.4 Å². The summed E-state index contributed by atoms with van der Waals surface area (Å²) < 4.78 is 0. The van der Waals surface area contributed by atoms with Crippen LogP contribution in [-0.4, -0.2) is 33.2 Å². The van der Waals surface area contributed by atoms with Gasteiger partial charge in [-0.05, 0) is 78.8 Å². The molecule has 208 valence electrons. The number of benzene rings is 3. The lowest BCUT2D eigenvalue weighted by Crippen LogP contribution is -2.43. The lowest BCUT2D eigenvalue weighted by atomic mass is 9.93. The predicted octanol–water partition coefficient (Wildman–Crippen LogP) is 4.85. The van der Waals surface area contributed by atoms with Gasteiger partial charge in [0.15, 0.2) is 0 Å². The van der Waals surface area contributed by atoms with Gasteiger partial charge in [-0.1, -0.05) is 60.7 Å². The van der Waals surface area contributed by atoms with Crippen LogP contribution in [0, 0.1) is 6.92 Å². The summed E-state index contributed by atoms with van der Waals surface area (Å²) in [5.41, 5.74) is 12.4. The number of aryl methyl sites for hydroxylation is 1. The van der Waals surface area contributed by atoms with Crippen LogP contribution in [-0.2, 0) is 24.2 Å². The van der Waals surface area contributed by atoms with Crippen LogP contribution >= 0.6 is 0 Å². The molecule has 0 saturated heterocycles. The fraction of sp³-hybridized carbons (Fsp3) is 0.273.